The number of nitrogens with zero attached hydrogens (tertiary/aromatic N) is 3. The first-order valence-electron chi connectivity index (χ1n) is 6.00. The maximum atomic E-state index is 8.55. The Morgan fingerprint density at radius 1 is 1.56 bits per heavy atom. The van der Waals surface area contributed by atoms with Crippen LogP contribution in [0.15, 0.2) is 28.0 Å². The molecule has 2 rings (SSSR count). The van der Waals surface area contributed by atoms with Crippen molar-refractivity contribution in [2.24, 2.45) is 10.9 Å². The summed E-state index contributed by atoms with van der Waals surface area (Å²) in [7, 11) is 0. The van der Waals surface area contributed by atoms with Crippen molar-refractivity contribution in [1.82, 2.24) is 9.88 Å². The van der Waals surface area contributed by atoms with Crippen molar-refractivity contribution in [1.29, 1.82) is 0 Å². The van der Waals surface area contributed by atoms with Gasteiger partial charge in [-0.05, 0) is 40.9 Å². The van der Waals surface area contributed by atoms with E-state index in [1.165, 1.54) is 12.8 Å². The summed E-state index contributed by atoms with van der Waals surface area (Å²) in [5.74, 6) is 0.282. The van der Waals surface area contributed by atoms with Crippen LogP contribution in [0.25, 0.3) is 0 Å². The molecule has 18 heavy (non-hydrogen) atoms. The predicted octanol–water partition coefficient (Wildman–Crippen LogP) is 1.94. The molecule has 1 saturated carbocycles. The smallest absolute Gasteiger partial charge is 0.140 e. The minimum absolute atomic E-state index is 0.282. The van der Waals surface area contributed by atoms with Crippen molar-refractivity contribution >= 4 is 21.8 Å². The normalized spacial score (nSPS) is 16.2. The molecule has 0 radical (unpaired) electrons. The van der Waals surface area contributed by atoms with Crippen molar-refractivity contribution < 1.29 is 5.21 Å². The average molecular weight is 313 g/mol. The van der Waals surface area contributed by atoms with E-state index in [1.54, 1.807) is 0 Å². The first-order chi connectivity index (χ1) is 8.69. The quantitative estimate of drug-likeness (QED) is 0.364. The Hall–Kier alpha value is -1.14. The molecule has 1 aliphatic carbocycles. The number of aromatic nitrogens is 1. The van der Waals surface area contributed by atoms with Crippen molar-refractivity contribution in [3.63, 3.8) is 0 Å². The van der Waals surface area contributed by atoms with Gasteiger partial charge in [-0.25, -0.2) is 0 Å². The van der Waals surface area contributed by atoms with Crippen molar-refractivity contribution in [2.45, 2.75) is 31.8 Å². The number of amidine groups is 1. The zero-order valence-electron chi connectivity index (χ0n) is 10.1. The highest BCUT2D eigenvalue weighted by Gasteiger charge is 2.28. The fourth-order valence-corrected chi connectivity index (χ4v) is 2.08. The summed E-state index contributed by atoms with van der Waals surface area (Å²) in [4.78, 5) is 6.72. The molecule has 0 aromatic carbocycles. The van der Waals surface area contributed by atoms with Gasteiger partial charge in [-0.15, -0.1) is 0 Å². The van der Waals surface area contributed by atoms with Crippen LogP contribution in [0.4, 0.5) is 0 Å². The van der Waals surface area contributed by atoms with Gasteiger partial charge in [0, 0.05) is 36.2 Å². The molecule has 0 saturated heterocycles. The van der Waals surface area contributed by atoms with Gasteiger partial charge >= 0.3 is 0 Å². The summed E-state index contributed by atoms with van der Waals surface area (Å²) in [6, 6.07) is 4.64. The second-order valence-electron chi connectivity index (χ2n) is 4.51. The molecule has 1 heterocycles. The number of oxime groups is 1. The van der Waals surface area contributed by atoms with Crippen LogP contribution in [0.2, 0.25) is 0 Å². The second kappa shape index (κ2) is 6.15. The van der Waals surface area contributed by atoms with Crippen molar-refractivity contribution in [3.05, 3.63) is 28.5 Å². The molecule has 1 fully saturated rings. The van der Waals surface area contributed by atoms with Gasteiger partial charge in [-0.2, -0.15) is 0 Å². The van der Waals surface area contributed by atoms with Gasteiger partial charge in [-0.3, -0.25) is 9.88 Å². The summed E-state index contributed by atoms with van der Waals surface area (Å²) in [6.45, 7) is 1.62. The first kappa shape index (κ1) is 13.3. The summed E-state index contributed by atoms with van der Waals surface area (Å²) < 4.78 is 0.987. The van der Waals surface area contributed by atoms with Gasteiger partial charge in [0.15, 0.2) is 0 Å². The van der Waals surface area contributed by atoms with E-state index in [2.05, 4.69) is 31.0 Å². The van der Waals surface area contributed by atoms with Crippen LogP contribution in [-0.4, -0.2) is 33.5 Å². The van der Waals surface area contributed by atoms with Crippen LogP contribution in [0, 0.1) is 0 Å². The van der Waals surface area contributed by atoms with Crippen LogP contribution in [0.1, 0.15) is 25.0 Å². The second-order valence-corrected chi connectivity index (χ2v) is 5.43. The molecule has 0 aliphatic heterocycles. The van der Waals surface area contributed by atoms with Crippen LogP contribution in [-0.2, 0) is 6.54 Å². The lowest BCUT2D eigenvalue weighted by Gasteiger charge is -2.21. The summed E-state index contributed by atoms with van der Waals surface area (Å²) >= 11 is 3.38. The molecule has 0 spiro atoms. The van der Waals surface area contributed by atoms with E-state index in [9.17, 15) is 0 Å². The van der Waals surface area contributed by atoms with Crippen LogP contribution in [0.5, 0.6) is 0 Å². The maximum absolute atomic E-state index is 8.55. The van der Waals surface area contributed by atoms with Gasteiger partial charge in [0.25, 0.3) is 0 Å². The molecule has 0 bridgehead atoms. The third-order valence-corrected chi connectivity index (χ3v) is 3.47. The minimum Gasteiger partial charge on any atom is -0.409 e. The lowest BCUT2D eigenvalue weighted by atomic mass is 10.3. The zero-order chi connectivity index (χ0) is 13.0. The summed E-state index contributed by atoms with van der Waals surface area (Å²) in [5, 5.41) is 11.6. The van der Waals surface area contributed by atoms with Gasteiger partial charge in [-0.1, -0.05) is 5.16 Å². The topological polar surface area (TPSA) is 74.7 Å². The van der Waals surface area contributed by atoms with E-state index in [0.717, 1.165) is 23.3 Å². The Morgan fingerprint density at radius 3 is 2.89 bits per heavy atom. The van der Waals surface area contributed by atoms with Crippen molar-refractivity contribution in [2.75, 3.05) is 6.54 Å². The Labute approximate surface area is 115 Å². The maximum Gasteiger partial charge on any atom is 0.140 e. The first-order valence-corrected chi connectivity index (χ1v) is 6.79. The van der Waals surface area contributed by atoms with E-state index >= 15 is 0 Å². The average Bonchev–Trinajstić information content (AvgIpc) is 3.20. The van der Waals surface area contributed by atoms with E-state index in [0.29, 0.717) is 12.5 Å². The van der Waals surface area contributed by atoms with Gasteiger partial charge in [0.05, 0.1) is 5.69 Å². The van der Waals surface area contributed by atoms with Gasteiger partial charge < -0.3 is 10.9 Å². The van der Waals surface area contributed by atoms with Gasteiger partial charge in [0.1, 0.15) is 5.84 Å². The highest BCUT2D eigenvalue weighted by Crippen LogP contribution is 2.28. The highest BCUT2D eigenvalue weighted by molar-refractivity contribution is 9.10. The van der Waals surface area contributed by atoms with E-state index in [1.807, 2.05) is 18.3 Å². The fraction of sp³-hybridized carbons (Fsp3) is 0.500. The molecule has 5 nitrogen and oxygen atoms in total. The van der Waals surface area contributed by atoms with Gasteiger partial charge in [0.2, 0.25) is 0 Å². The monoisotopic (exact) mass is 312 g/mol. The van der Waals surface area contributed by atoms with E-state index in [4.69, 9.17) is 10.9 Å². The minimum atomic E-state index is 0.282. The Morgan fingerprint density at radius 2 is 2.33 bits per heavy atom. The number of halogens is 1. The molecule has 3 N–H and O–H groups in total. The molecule has 0 atom stereocenters. The summed E-state index contributed by atoms with van der Waals surface area (Å²) in [5.41, 5.74) is 6.55. The van der Waals surface area contributed by atoms with E-state index < -0.39 is 0 Å². The number of pyridine rings is 1. The molecule has 1 aromatic heterocycles. The molecule has 1 aromatic rings. The lowest BCUT2D eigenvalue weighted by molar-refractivity contribution is 0.256. The number of rotatable bonds is 6. The largest absolute Gasteiger partial charge is 0.409 e. The number of hydrogen-bond donors (Lipinski definition) is 2. The molecular formula is C12H17BrN4O. The third-order valence-electron chi connectivity index (χ3n) is 3.00. The highest BCUT2D eigenvalue weighted by atomic mass is 79.9. The predicted molar refractivity (Wildman–Crippen MR) is 73.4 cm³/mol. The number of nitrogens with two attached hydrogens (primary N) is 1. The fourth-order valence-electron chi connectivity index (χ4n) is 1.85. The third kappa shape index (κ3) is 3.96. The molecule has 6 heteroatoms. The molecule has 0 unspecified atom stereocenters. The molecule has 98 valence electrons. The molecule has 1 aliphatic rings. The van der Waals surface area contributed by atoms with E-state index in [-0.39, 0.29) is 5.84 Å². The standard InChI is InChI=1S/C12H17BrN4O/c13-9-1-2-10(15-7-9)8-17(11-3-4-11)6-5-12(14)16-18/h1-2,7,11,18H,3-6,8H2,(H2,14,16). The summed E-state index contributed by atoms with van der Waals surface area (Å²) in [6.07, 6.45) is 4.85. The van der Waals surface area contributed by atoms with Crippen molar-refractivity contribution in [3.8, 4) is 0 Å². The molecular weight excluding hydrogens is 296 g/mol. The Kier molecular flexibility index (Phi) is 4.54. The van der Waals surface area contributed by atoms with Crippen LogP contribution >= 0.6 is 15.9 Å². The zero-order valence-corrected chi connectivity index (χ0v) is 11.7. The Balaban J connectivity index is 1.92. The lowest BCUT2D eigenvalue weighted by Crippen LogP contribution is -2.30. The van der Waals surface area contributed by atoms with Crippen LogP contribution in [0.3, 0.4) is 0 Å². The SMILES string of the molecule is N/C(CCN(Cc1ccc(Br)cn1)C1CC1)=N/O. The number of hydrogen-bond acceptors (Lipinski definition) is 4. The molecule has 0 amide bonds. The Bertz CT molecular complexity index is 417. The van der Waals surface area contributed by atoms with Crippen LogP contribution < -0.4 is 5.73 Å².